The average Bonchev–Trinajstić information content (AvgIpc) is 2.24. The van der Waals surface area contributed by atoms with E-state index in [1.807, 2.05) is 20.8 Å². The van der Waals surface area contributed by atoms with Crippen LogP contribution in [0.25, 0.3) is 0 Å². The summed E-state index contributed by atoms with van der Waals surface area (Å²) in [4.78, 5) is 0. The summed E-state index contributed by atoms with van der Waals surface area (Å²) in [5.41, 5.74) is 6.65. The van der Waals surface area contributed by atoms with Crippen molar-refractivity contribution in [2.24, 2.45) is 16.3 Å². The van der Waals surface area contributed by atoms with Crippen molar-refractivity contribution >= 4 is 21.5 Å². The summed E-state index contributed by atoms with van der Waals surface area (Å²) in [6.45, 7) is 7.28. The molecular formula is C13H21N3O3S. The maximum absolute atomic E-state index is 12.1. The van der Waals surface area contributed by atoms with Crippen LogP contribution in [0.2, 0.25) is 0 Å². The maximum atomic E-state index is 12.1. The largest absolute Gasteiger partial charge is 0.409 e. The molecule has 0 saturated carbocycles. The van der Waals surface area contributed by atoms with Gasteiger partial charge in [-0.05, 0) is 24.0 Å². The van der Waals surface area contributed by atoms with Crippen LogP contribution in [0.4, 0.5) is 5.69 Å². The highest BCUT2D eigenvalue weighted by atomic mass is 32.2. The minimum atomic E-state index is -3.52. The molecule has 0 aromatic heterocycles. The molecule has 20 heavy (non-hydrogen) atoms. The van der Waals surface area contributed by atoms with Crippen molar-refractivity contribution in [3.63, 3.8) is 0 Å². The number of hydrogen-bond acceptors (Lipinski definition) is 4. The van der Waals surface area contributed by atoms with Gasteiger partial charge >= 0.3 is 0 Å². The van der Waals surface area contributed by atoms with Crippen molar-refractivity contribution in [1.82, 2.24) is 0 Å². The van der Waals surface area contributed by atoms with E-state index in [1.54, 1.807) is 25.1 Å². The number of aryl methyl sites for hydroxylation is 1. The predicted octanol–water partition coefficient (Wildman–Crippen LogP) is 1.88. The van der Waals surface area contributed by atoms with Crippen molar-refractivity contribution in [2.45, 2.75) is 27.7 Å². The Labute approximate surface area is 119 Å². The first-order chi connectivity index (χ1) is 9.06. The molecule has 0 aliphatic rings. The van der Waals surface area contributed by atoms with Gasteiger partial charge in [0.2, 0.25) is 10.0 Å². The Morgan fingerprint density at radius 2 is 2.00 bits per heavy atom. The smallest absolute Gasteiger partial charge is 0.233 e. The van der Waals surface area contributed by atoms with Gasteiger partial charge in [0.25, 0.3) is 0 Å². The van der Waals surface area contributed by atoms with Crippen LogP contribution in [0.5, 0.6) is 0 Å². The molecule has 1 aromatic carbocycles. The number of benzene rings is 1. The molecule has 0 atom stereocenters. The zero-order chi connectivity index (χ0) is 15.6. The zero-order valence-electron chi connectivity index (χ0n) is 12.1. The zero-order valence-corrected chi connectivity index (χ0v) is 13.0. The molecular weight excluding hydrogens is 278 g/mol. The fourth-order valence-corrected chi connectivity index (χ4v) is 3.63. The number of sulfonamides is 1. The first-order valence-electron chi connectivity index (χ1n) is 6.14. The monoisotopic (exact) mass is 299 g/mol. The maximum Gasteiger partial charge on any atom is 0.233 e. The van der Waals surface area contributed by atoms with Crippen LogP contribution in [0.1, 0.15) is 31.9 Å². The van der Waals surface area contributed by atoms with E-state index in [0.29, 0.717) is 11.3 Å². The second-order valence-corrected chi connectivity index (χ2v) is 7.63. The van der Waals surface area contributed by atoms with Crippen LogP contribution < -0.4 is 10.5 Å². The molecule has 0 fully saturated rings. The third-order valence-corrected chi connectivity index (χ3v) is 4.30. The molecule has 0 radical (unpaired) electrons. The van der Waals surface area contributed by atoms with Crippen molar-refractivity contribution in [3.05, 3.63) is 29.3 Å². The summed E-state index contributed by atoms with van der Waals surface area (Å²) in [5.74, 6) is -0.152. The summed E-state index contributed by atoms with van der Waals surface area (Å²) in [5, 5.41) is 11.8. The lowest BCUT2D eigenvalue weighted by atomic mass is 10.0. The summed E-state index contributed by atoms with van der Waals surface area (Å²) < 4.78 is 26.8. The topological polar surface area (TPSA) is 105 Å². The highest BCUT2D eigenvalue weighted by molar-refractivity contribution is 7.92. The van der Waals surface area contributed by atoms with Crippen molar-refractivity contribution < 1.29 is 13.6 Å². The molecule has 0 aliphatic heterocycles. The highest BCUT2D eigenvalue weighted by Crippen LogP contribution is 2.23. The number of rotatable bonds is 4. The number of nitrogens with zero attached hydrogens (tertiary/aromatic N) is 1. The standard InChI is InChI=1S/C13H21N3O3S/c1-9-6-5-7-10(11(9)12(14)15-17)16-20(18,19)8-13(2,3)4/h5-7,16-17H,8H2,1-4H3,(H2,14,15). The fraction of sp³-hybridized carbons (Fsp3) is 0.462. The second-order valence-electron chi connectivity index (χ2n) is 5.90. The van der Waals surface area contributed by atoms with Gasteiger partial charge in [0, 0.05) is 5.56 Å². The number of nitrogens with one attached hydrogen (secondary N) is 1. The van der Waals surface area contributed by atoms with E-state index in [-0.39, 0.29) is 17.0 Å². The van der Waals surface area contributed by atoms with Crippen molar-refractivity contribution in [2.75, 3.05) is 10.5 Å². The average molecular weight is 299 g/mol. The van der Waals surface area contributed by atoms with Gasteiger partial charge in [-0.25, -0.2) is 8.42 Å². The van der Waals surface area contributed by atoms with Gasteiger partial charge < -0.3 is 10.9 Å². The van der Waals surface area contributed by atoms with Crippen LogP contribution in [-0.4, -0.2) is 25.2 Å². The first kappa shape index (κ1) is 16.3. The van der Waals surface area contributed by atoms with Crippen LogP contribution >= 0.6 is 0 Å². The third kappa shape index (κ3) is 4.41. The van der Waals surface area contributed by atoms with E-state index in [0.717, 1.165) is 5.56 Å². The predicted molar refractivity (Wildman–Crippen MR) is 80.6 cm³/mol. The van der Waals surface area contributed by atoms with E-state index in [4.69, 9.17) is 10.9 Å². The summed E-state index contributed by atoms with van der Waals surface area (Å²) in [7, 11) is -3.52. The summed E-state index contributed by atoms with van der Waals surface area (Å²) >= 11 is 0. The van der Waals surface area contributed by atoms with E-state index in [2.05, 4.69) is 9.88 Å². The molecule has 0 aliphatic carbocycles. The fourth-order valence-electron chi connectivity index (χ4n) is 1.92. The lowest BCUT2D eigenvalue weighted by molar-refractivity contribution is 0.318. The number of amidine groups is 1. The second kappa shape index (κ2) is 5.70. The molecule has 0 bridgehead atoms. The van der Waals surface area contributed by atoms with Gasteiger partial charge in [0.05, 0.1) is 11.4 Å². The lowest BCUT2D eigenvalue weighted by Crippen LogP contribution is -2.27. The molecule has 0 heterocycles. The third-order valence-electron chi connectivity index (χ3n) is 2.53. The molecule has 112 valence electrons. The summed E-state index contributed by atoms with van der Waals surface area (Å²) in [6, 6.07) is 5.05. The van der Waals surface area contributed by atoms with Crippen LogP contribution in [0, 0.1) is 12.3 Å². The number of hydrogen-bond donors (Lipinski definition) is 3. The number of nitrogens with two attached hydrogens (primary N) is 1. The Kier molecular flexibility index (Phi) is 4.65. The lowest BCUT2D eigenvalue weighted by Gasteiger charge is -2.20. The first-order valence-corrected chi connectivity index (χ1v) is 7.79. The molecule has 7 heteroatoms. The van der Waals surface area contributed by atoms with E-state index >= 15 is 0 Å². The normalized spacial score (nSPS) is 13.3. The van der Waals surface area contributed by atoms with Crippen molar-refractivity contribution in [3.8, 4) is 0 Å². The Balaban J connectivity index is 3.20. The molecule has 0 amide bonds. The van der Waals surface area contributed by atoms with E-state index < -0.39 is 10.0 Å². The molecule has 1 aromatic rings. The molecule has 4 N–H and O–H groups in total. The van der Waals surface area contributed by atoms with E-state index in [1.165, 1.54) is 0 Å². The van der Waals surface area contributed by atoms with E-state index in [9.17, 15) is 8.42 Å². The van der Waals surface area contributed by atoms with Crippen molar-refractivity contribution in [1.29, 1.82) is 0 Å². The molecule has 1 rings (SSSR count). The highest BCUT2D eigenvalue weighted by Gasteiger charge is 2.23. The minimum Gasteiger partial charge on any atom is -0.409 e. The Bertz CT molecular complexity index is 616. The Hall–Kier alpha value is -1.76. The molecule has 0 unspecified atom stereocenters. The number of anilines is 1. The molecule has 0 saturated heterocycles. The van der Waals surface area contributed by atoms with Crippen LogP contribution in [0.15, 0.2) is 23.4 Å². The SMILES string of the molecule is Cc1cccc(NS(=O)(=O)CC(C)(C)C)c1/C(N)=N/O. The molecule has 6 nitrogen and oxygen atoms in total. The van der Waals surface area contributed by atoms with Gasteiger partial charge in [-0.3, -0.25) is 4.72 Å². The van der Waals surface area contributed by atoms with Crippen LogP contribution in [-0.2, 0) is 10.0 Å². The quantitative estimate of drug-likeness (QED) is 0.341. The van der Waals surface area contributed by atoms with Gasteiger partial charge in [-0.15, -0.1) is 0 Å². The van der Waals surface area contributed by atoms with Gasteiger partial charge in [-0.1, -0.05) is 38.1 Å². The van der Waals surface area contributed by atoms with Gasteiger partial charge in [0.15, 0.2) is 5.84 Å². The van der Waals surface area contributed by atoms with Gasteiger partial charge in [0.1, 0.15) is 0 Å². The molecule has 0 spiro atoms. The minimum absolute atomic E-state index is 0.0243. The number of oxime groups is 1. The van der Waals surface area contributed by atoms with Gasteiger partial charge in [-0.2, -0.15) is 0 Å². The summed E-state index contributed by atoms with van der Waals surface area (Å²) in [6.07, 6.45) is 0. The Morgan fingerprint density at radius 3 is 2.50 bits per heavy atom. The Morgan fingerprint density at radius 1 is 1.40 bits per heavy atom. The van der Waals surface area contributed by atoms with Crippen LogP contribution in [0.3, 0.4) is 0 Å².